The maximum Gasteiger partial charge on any atom is 0.228 e. The van der Waals surface area contributed by atoms with Crippen molar-refractivity contribution in [1.82, 2.24) is 15.0 Å². The van der Waals surface area contributed by atoms with Crippen LogP contribution in [-0.4, -0.2) is 53.3 Å². The molecule has 8 heteroatoms. The number of rotatable bonds is 4. The van der Waals surface area contributed by atoms with Crippen molar-refractivity contribution in [1.29, 1.82) is 0 Å². The normalized spacial score (nSPS) is 18.8. The number of morpholine rings is 1. The molecule has 2 N–H and O–H groups in total. The van der Waals surface area contributed by atoms with E-state index in [2.05, 4.69) is 15.1 Å². The van der Waals surface area contributed by atoms with Gasteiger partial charge in [0.1, 0.15) is 0 Å². The fourth-order valence-corrected chi connectivity index (χ4v) is 2.68. The summed E-state index contributed by atoms with van der Waals surface area (Å²) < 4.78 is 10.7. The van der Waals surface area contributed by atoms with E-state index in [0.29, 0.717) is 42.3 Å². The Morgan fingerprint density at radius 2 is 2.38 bits per heavy atom. The summed E-state index contributed by atoms with van der Waals surface area (Å²) in [5.74, 6) is 1.57. The summed E-state index contributed by atoms with van der Waals surface area (Å²) in [6.07, 6.45) is 0.706. The Morgan fingerprint density at radius 3 is 3.17 bits per heavy atom. The molecule has 1 aromatic carbocycles. The molecule has 7 nitrogen and oxygen atoms in total. The molecule has 1 aliphatic heterocycles. The van der Waals surface area contributed by atoms with Gasteiger partial charge in [-0.3, -0.25) is 4.99 Å². The molecule has 128 valence electrons. The van der Waals surface area contributed by atoms with Gasteiger partial charge in [-0.05, 0) is 19.1 Å². The first kappa shape index (κ1) is 16.7. The molecule has 0 spiro atoms. The molecule has 0 aliphatic carbocycles. The van der Waals surface area contributed by atoms with Gasteiger partial charge in [0.2, 0.25) is 11.7 Å². The van der Waals surface area contributed by atoms with Gasteiger partial charge in [0.15, 0.2) is 5.96 Å². The van der Waals surface area contributed by atoms with Crippen LogP contribution in [0, 0.1) is 0 Å². The highest BCUT2D eigenvalue weighted by molar-refractivity contribution is 6.30. The van der Waals surface area contributed by atoms with Crippen LogP contribution in [0.25, 0.3) is 11.4 Å². The van der Waals surface area contributed by atoms with Gasteiger partial charge in [-0.15, -0.1) is 0 Å². The topological polar surface area (TPSA) is 89.8 Å². The Balaban J connectivity index is 1.56. The van der Waals surface area contributed by atoms with E-state index in [-0.39, 0.29) is 6.10 Å². The van der Waals surface area contributed by atoms with Gasteiger partial charge < -0.3 is 19.9 Å². The minimum absolute atomic E-state index is 0.170. The summed E-state index contributed by atoms with van der Waals surface area (Å²) in [6, 6.07) is 7.33. The number of hydrogen-bond acceptors (Lipinski definition) is 5. The number of ether oxygens (including phenoxy) is 1. The van der Waals surface area contributed by atoms with Crippen molar-refractivity contribution in [2.24, 2.45) is 10.7 Å². The second kappa shape index (κ2) is 7.63. The Hall–Kier alpha value is -2.12. The molecule has 1 unspecified atom stereocenters. The molecule has 0 bridgehead atoms. The lowest BCUT2D eigenvalue weighted by Crippen LogP contribution is -2.47. The predicted octanol–water partition coefficient (Wildman–Crippen LogP) is 1.97. The monoisotopic (exact) mass is 349 g/mol. The third-order valence-corrected chi connectivity index (χ3v) is 3.95. The van der Waals surface area contributed by atoms with Crippen LogP contribution < -0.4 is 5.73 Å². The van der Waals surface area contributed by atoms with Gasteiger partial charge in [0, 0.05) is 30.1 Å². The van der Waals surface area contributed by atoms with Crippen LogP contribution in [0.2, 0.25) is 5.02 Å². The van der Waals surface area contributed by atoms with E-state index in [9.17, 15) is 0 Å². The number of aromatic nitrogens is 2. The molecular weight excluding hydrogens is 330 g/mol. The van der Waals surface area contributed by atoms with Gasteiger partial charge >= 0.3 is 0 Å². The van der Waals surface area contributed by atoms with E-state index in [4.69, 9.17) is 26.6 Å². The highest BCUT2D eigenvalue weighted by Crippen LogP contribution is 2.20. The summed E-state index contributed by atoms with van der Waals surface area (Å²) in [4.78, 5) is 10.8. The van der Waals surface area contributed by atoms with Crippen LogP contribution in [0.4, 0.5) is 0 Å². The van der Waals surface area contributed by atoms with E-state index in [1.165, 1.54) is 0 Å². The van der Waals surface area contributed by atoms with E-state index in [0.717, 1.165) is 18.7 Å². The molecular formula is C16H20ClN5O2. The Morgan fingerprint density at radius 1 is 1.50 bits per heavy atom. The maximum absolute atomic E-state index is 6.03. The highest BCUT2D eigenvalue weighted by Gasteiger charge is 2.18. The number of guanidine groups is 1. The van der Waals surface area contributed by atoms with Gasteiger partial charge in [-0.25, -0.2) is 0 Å². The Kier molecular flexibility index (Phi) is 5.32. The smallest absolute Gasteiger partial charge is 0.228 e. The first-order valence-corrected chi connectivity index (χ1v) is 8.24. The summed E-state index contributed by atoms with van der Waals surface area (Å²) in [6.45, 7) is 4.71. The minimum atomic E-state index is 0.170. The third kappa shape index (κ3) is 4.24. The van der Waals surface area contributed by atoms with Crippen molar-refractivity contribution in [3.63, 3.8) is 0 Å². The third-order valence-electron chi connectivity index (χ3n) is 3.72. The molecule has 3 rings (SSSR count). The van der Waals surface area contributed by atoms with Crippen LogP contribution in [0.3, 0.4) is 0 Å². The zero-order valence-electron chi connectivity index (χ0n) is 13.5. The number of hydrogen-bond donors (Lipinski definition) is 1. The van der Waals surface area contributed by atoms with Crippen molar-refractivity contribution in [2.75, 3.05) is 26.2 Å². The zero-order chi connectivity index (χ0) is 16.9. The summed E-state index contributed by atoms with van der Waals surface area (Å²) in [5, 5.41) is 4.61. The predicted molar refractivity (Wildman–Crippen MR) is 91.9 cm³/mol. The summed E-state index contributed by atoms with van der Waals surface area (Å²) in [7, 11) is 0. The van der Waals surface area contributed by atoms with Gasteiger partial charge in [-0.2, -0.15) is 4.98 Å². The van der Waals surface area contributed by atoms with Crippen molar-refractivity contribution >= 4 is 17.6 Å². The number of benzene rings is 1. The zero-order valence-corrected chi connectivity index (χ0v) is 14.2. The second-order valence-corrected chi connectivity index (χ2v) is 6.08. The molecule has 24 heavy (non-hydrogen) atoms. The molecule has 2 heterocycles. The highest BCUT2D eigenvalue weighted by atomic mass is 35.5. The molecule has 1 saturated heterocycles. The van der Waals surface area contributed by atoms with Crippen molar-refractivity contribution in [3.05, 3.63) is 35.2 Å². The number of aliphatic imine (C=N–C) groups is 1. The number of nitrogens with two attached hydrogens (primary N) is 1. The first-order valence-electron chi connectivity index (χ1n) is 7.87. The maximum atomic E-state index is 6.03. The van der Waals surface area contributed by atoms with Crippen LogP contribution in [0.1, 0.15) is 12.8 Å². The second-order valence-electron chi connectivity index (χ2n) is 5.64. The van der Waals surface area contributed by atoms with E-state index >= 15 is 0 Å². The van der Waals surface area contributed by atoms with Gasteiger partial charge in [0.25, 0.3) is 0 Å². The quantitative estimate of drug-likeness (QED) is 0.670. The largest absolute Gasteiger partial charge is 0.375 e. The fourth-order valence-electron chi connectivity index (χ4n) is 2.49. The lowest BCUT2D eigenvalue weighted by atomic mass is 10.2. The molecule has 0 saturated carbocycles. The lowest BCUT2D eigenvalue weighted by Gasteiger charge is -2.31. The Bertz CT molecular complexity index is 718. The standard InChI is InChI=1S/C16H20ClN5O2/c1-11-10-22(7-8-23-11)16(18)19-6-5-14-20-15(21-24-14)12-3-2-4-13(17)9-12/h2-4,9,11H,5-8,10H2,1H3,(H2,18,19). The van der Waals surface area contributed by atoms with Crippen molar-refractivity contribution < 1.29 is 9.26 Å². The summed E-state index contributed by atoms with van der Waals surface area (Å²) >= 11 is 5.97. The number of halogens is 1. The molecule has 0 radical (unpaired) electrons. The molecule has 1 atom stereocenters. The molecule has 2 aromatic rings. The average molecular weight is 350 g/mol. The Labute approximate surface area is 145 Å². The van der Waals surface area contributed by atoms with Gasteiger partial charge in [0.05, 0.1) is 19.3 Å². The van der Waals surface area contributed by atoms with Crippen LogP contribution in [0.5, 0.6) is 0 Å². The average Bonchev–Trinajstić information content (AvgIpc) is 3.04. The number of nitrogens with zero attached hydrogens (tertiary/aromatic N) is 4. The molecule has 1 aromatic heterocycles. The van der Waals surface area contributed by atoms with Crippen molar-refractivity contribution in [3.8, 4) is 11.4 Å². The SMILES string of the molecule is CC1CN(C(N)=NCCc2nc(-c3cccc(Cl)c3)no2)CCO1. The molecule has 0 amide bonds. The van der Waals surface area contributed by atoms with Crippen molar-refractivity contribution in [2.45, 2.75) is 19.4 Å². The van der Waals surface area contributed by atoms with E-state index in [1.54, 1.807) is 12.1 Å². The lowest BCUT2D eigenvalue weighted by molar-refractivity contribution is 0.00530. The van der Waals surface area contributed by atoms with E-state index < -0.39 is 0 Å². The first-order chi connectivity index (χ1) is 11.6. The van der Waals surface area contributed by atoms with E-state index in [1.807, 2.05) is 24.0 Å². The van der Waals surface area contributed by atoms with Gasteiger partial charge in [-0.1, -0.05) is 28.9 Å². The minimum Gasteiger partial charge on any atom is -0.375 e. The van der Waals surface area contributed by atoms with Crippen LogP contribution in [-0.2, 0) is 11.2 Å². The summed E-state index contributed by atoms with van der Waals surface area (Å²) in [5.41, 5.74) is 6.85. The fraction of sp³-hybridized carbons (Fsp3) is 0.438. The van der Waals surface area contributed by atoms with Crippen LogP contribution in [0.15, 0.2) is 33.8 Å². The van der Waals surface area contributed by atoms with Crippen LogP contribution >= 0.6 is 11.6 Å². The molecule has 1 fully saturated rings. The molecule has 1 aliphatic rings.